The second kappa shape index (κ2) is 5.20. The lowest BCUT2D eigenvalue weighted by Crippen LogP contribution is -2.22. The van der Waals surface area contributed by atoms with E-state index >= 15 is 0 Å². The van der Waals surface area contributed by atoms with Crippen molar-refractivity contribution >= 4 is 5.97 Å². The van der Waals surface area contributed by atoms with E-state index in [0.29, 0.717) is 18.4 Å². The highest BCUT2D eigenvalue weighted by atomic mass is 16.5. The molecular formula is C17H20O2. The van der Waals surface area contributed by atoms with Crippen LogP contribution in [0.5, 0.6) is 0 Å². The Labute approximate surface area is 114 Å². The normalized spacial score (nSPS) is 28.3. The van der Waals surface area contributed by atoms with Crippen LogP contribution in [0.2, 0.25) is 0 Å². The molecule has 0 radical (unpaired) electrons. The van der Waals surface area contributed by atoms with Gasteiger partial charge in [-0.15, -0.1) is 0 Å². The van der Waals surface area contributed by atoms with E-state index in [2.05, 4.69) is 36.4 Å². The summed E-state index contributed by atoms with van der Waals surface area (Å²) in [6, 6.07) is 10.6. The average molecular weight is 256 g/mol. The zero-order valence-corrected chi connectivity index (χ0v) is 11.3. The van der Waals surface area contributed by atoms with Crippen LogP contribution >= 0.6 is 0 Å². The molecule has 0 amide bonds. The third kappa shape index (κ3) is 2.44. The highest BCUT2D eigenvalue weighted by Crippen LogP contribution is 2.48. The Morgan fingerprint density at radius 2 is 2.05 bits per heavy atom. The van der Waals surface area contributed by atoms with Crippen molar-refractivity contribution in [3.63, 3.8) is 0 Å². The lowest BCUT2D eigenvalue weighted by Gasteiger charge is -2.20. The van der Waals surface area contributed by atoms with Crippen LogP contribution in [-0.2, 0) is 16.0 Å². The van der Waals surface area contributed by atoms with Gasteiger partial charge in [0.05, 0.1) is 12.5 Å². The molecule has 0 aliphatic heterocycles. The van der Waals surface area contributed by atoms with Gasteiger partial charge in [0.2, 0.25) is 0 Å². The second-order valence-electron chi connectivity index (χ2n) is 5.59. The number of fused-ring (bicyclic) bond motifs is 2. The zero-order chi connectivity index (χ0) is 13.2. The SMILES string of the molecule is CCOC(=O)[C@@H]1C[C@H]2C[C@@H]1C=C2Cc1ccccc1. The van der Waals surface area contributed by atoms with Crippen LogP contribution < -0.4 is 0 Å². The molecule has 2 aliphatic rings. The number of esters is 1. The lowest BCUT2D eigenvalue weighted by atomic mass is 9.87. The van der Waals surface area contributed by atoms with Crippen LogP contribution in [0.15, 0.2) is 42.0 Å². The summed E-state index contributed by atoms with van der Waals surface area (Å²) in [7, 11) is 0. The molecule has 0 heterocycles. The van der Waals surface area contributed by atoms with Crippen molar-refractivity contribution in [1.29, 1.82) is 0 Å². The molecule has 3 rings (SSSR count). The first kappa shape index (κ1) is 12.5. The maximum Gasteiger partial charge on any atom is 0.309 e. The molecule has 3 atom stereocenters. The molecular weight excluding hydrogens is 236 g/mol. The Kier molecular flexibility index (Phi) is 3.41. The van der Waals surface area contributed by atoms with Gasteiger partial charge in [-0.25, -0.2) is 0 Å². The standard InChI is InChI=1S/C17H20O2/c1-2-19-17(18)16-11-14-10-15(16)9-13(14)8-12-6-4-3-5-7-12/h3-7,9,14-16H,2,8,10-11H2,1H3/t14-,15+,16-/m1/s1. The Morgan fingerprint density at radius 3 is 2.68 bits per heavy atom. The van der Waals surface area contributed by atoms with E-state index in [0.717, 1.165) is 19.3 Å². The Morgan fingerprint density at radius 1 is 1.26 bits per heavy atom. The van der Waals surface area contributed by atoms with Gasteiger partial charge in [-0.3, -0.25) is 4.79 Å². The summed E-state index contributed by atoms with van der Waals surface area (Å²) < 4.78 is 5.16. The monoisotopic (exact) mass is 256 g/mol. The summed E-state index contributed by atoms with van der Waals surface area (Å²) in [5, 5.41) is 0. The number of hydrogen-bond donors (Lipinski definition) is 0. The number of rotatable bonds is 4. The summed E-state index contributed by atoms with van der Waals surface area (Å²) >= 11 is 0. The lowest BCUT2D eigenvalue weighted by molar-refractivity contribution is -0.148. The van der Waals surface area contributed by atoms with Crippen molar-refractivity contribution < 1.29 is 9.53 Å². The fourth-order valence-corrected chi connectivity index (χ4v) is 3.52. The quantitative estimate of drug-likeness (QED) is 0.610. The predicted molar refractivity (Wildman–Crippen MR) is 74.6 cm³/mol. The van der Waals surface area contributed by atoms with Crippen LogP contribution in [0, 0.1) is 17.8 Å². The van der Waals surface area contributed by atoms with E-state index in [1.165, 1.54) is 11.1 Å². The van der Waals surface area contributed by atoms with Crippen molar-refractivity contribution in [3.8, 4) is 0 Å². The Hall–Kier alpha value is -1.57. The molecule has 2 aliphatic carbocycles. The van der Waals surface area contributed by atoms with Crippen molar-refractivity contribution in [1.82, 2.24) is 0 Å². The molecule has 0 unspecified atom stereocenters. The van der Waals surface area contributed by atoms with Crippen LogP contribution in [0.25, 0.3) is 0 Å². The maximum atomic E-state index is 11.8. The number of carbonyl (C=O) groups is 1. The summed E-state index contributed by atoms with van der Waals surface area (Å²) in [6.07, 6.45) is 5.51. The molecule has 2 nitrogen and oxygen atoms in total. The van der Waals surface area contributed by atoms with E-state index in [1.54, 1.807) is 0 Å². The molecule has 100 valence electrons. The topological polar surface area (TPSA) is 26.3 Å². The number of carbonyl (C=O) groups excluding carboxylic acids is 1. The second-order valence-corrected chi connectivity index (χ2v) is 5.59. The molecule has 2 heteroatoms. The van der Waals surface area contributed by atoms with Gasteiger partial charge in [-0.1, -0.05) is 42.0 Å². The fraction of sp³-hybridized carbons (Fsp3) is 0.471. The summed E-state index contributed by atoms with van der Waals surface area (Å²) in [6.45, 7) is 2.37. The highest BCUT2D eigenvalue weighted by Gasteiger charge is 2.44. The molecule has 1 saturated carbocycles. The molecule has 0 N–H and O–H groups in total. The van der Waals surface area contributed by atoms with Gasteiger partial charge < -0.3 is 4.74 Å². The maximum absolute atomic E-state index is 11.8. The zero-order valence-electron chi connectivity index (χ0n) is 11.3. The van der Waals surface area contributed by atoms with Crippen molar-refractivity contribution in [2.24, 2.45) is 17.8 Å². The Balaban J connectivity index is 1.67. The summed E-state index contributed by atoms with van der Waals surface area (Å²) in [5.41, 5.74) is 2.89. The predicted octanol–water partition coefficient (Wildman–Crippen LogP) is 3.37. The minimum Gasteiger partial charge on any atom is -0.466 e. The van der Waals surface area contributed by atoms with E-state index in [9.17, 15) is 4.79 Å². The molecule has 2 bridgehead atoms. The van der Waals surface area contributed by atoms with Crippen LogP contribution in [0.4, 0.5) is 0 Å². The van der Waals surface area contributed by atoms with E-state index in [-0.39, 0.29) is 11.9 Å². The molecule has 1 aromatic rings. The van der Waals surface area contributed by atoms with E-state index in [1.807, 2.05) is 6.92 Å². The number of benzene rings is 1. The number of allylic oxidation sites excluding steroid dienone is 2. The Bertz CT molecular complexity index is 489. The third-order valence-electron chi connectivity index (χ3n) is 4.40. The van der Waals surface area contributed by atoms with Gasteiger partial charge in [-0.2, -0.15) is 0 Å². The first-order chi connectivity index (χ1) is 9.28. The minimum absolute atomic E-state index is 0.00464. The molecule has 0 spiro atoms. The van der Waals surface area contributed by atoms with Crippen molar-refractivity contribution in [2.75, 3.05) is 6.61 Å². The molecule has 1 aromatic carbocycles. The van der Waals surface area contributed by atoms with Gasteiger partial charge in [0, 0.05) is 0 Å². The van der Waals surface area contributed by atoms with Gasteiger partial charge in [0.15, 0.2) is 0 Å². The summed E-state index contributed by atoms with van der Waals surface area (Å²) in [4.78, 5) is 11.8. The van der Waals surface area contributed by atoms with Crippen molar-refractivity contribution in [3.05, 3.63) is 47.5 Å². The molecule has 0 aromatic heterocycles. The number of ether oxygens (including phenoxy) is 1. The molecule has 1 fully saturated rings. The highest BCUT2D eigenvalue weighted by molar-refractivity contribution is 5.74. The smallest absolute Gasteiger partial charge is 0.309 e. The van der Waals surface area contributed by atoms with Crippen molar-refractivity contribution in [2.45, 2.75) is 26.2 Å². The summed E-state index contributed by atoms with van der Waals surface area (Å²) in [5.74, 6) is 1.14. The average Bonchev–Trinajstić information content (AvgIpc) is 3.00. The van der Waals surface area contributed by atoms with Crippen LogP contribution in [-0.4, -0.2) is 12.6 Å². The van der Waals surface area contributed by atoms with Crippen LogP contribution in [0.1, 0.15) is 25.3 Å². The van der Waals surface area contributed by atoms with Gasteiger partial charge >= 0.3 is 5.97 Å². The van der Waals surface area contributed by atoms with Gasteiger partial charge in [0.25, 0.3) is 0 Å². The van der Waals surface area contributed by atoms with E-state index in [4.69, 9.17) is 4.74 Å². The first-order valence-electron chi connectivity index (χ1n) is 7.19. The minimum atomic E-state index is 0.00464. The van der Waals surface area contributed by atoms with Crippen LogP contribution in [0.3, 0.4) is 0 Å². The van der Waals surface area contributed by atoms with E-state index < -0.39 is 0 Å². The molecule has 19 heavy (non-hydrogen) atoms. The van der Waals surface area contributed by atoms with Gasteiger partial charge in [0.1, 0.15) is 0 Å². The largest absolute Gasteiger partial charge is 0.466 e. The third-order valence-corrected chi connectivity index (χ3v) is 4.40. The number of hydrogen-bond acceptors (Lipinski definition) is 2. The van der Waals surface area contributed by atoms with Gasteiger partial charge in [-0.05, 0) is 43.6 Å². The molecule has 0 saturated heterocycles. The first-order valence-corrected chi connectivity index (χ1v) is 7.19. The fourth-order valence-electron chi connectivity index (χ4n) is 3.52.